The third-order valence-electron chi connectivity index (χ3n) is 3.18. The maximum absolute atomic E-state index is 11.9. The molecule has 1 unspecified atom stereocenters. The molecule has 0 aromatic carbocycles. The van der Waals surface area contributed by atoms with Crippen molar-refractivity contribution in [3.63, 3.8) is 0 Å². The van der Waals surface area contributed by atoms with Crippen molar-refractivity contribution in [1.29, 1.82) is 0 Å². The van der Waals surface area contributed by atoms with Crippen LogP contribution in [0.2, 0.25) is 0 Å². The number of thiazole rings is 1. The average molecular weight is 306 g/mol. The Morgan fingerprint density at radius 1 is 1.43 bits per heavy atom. The van der Waals surface area contributed by atoms with Crippen LogP contribution in [0.25, 0.3) is 0 Å². The van der Waals surface area contributed by atoms with Crippen LogP contribution in [0.4, 0.5) is 5.13 Å². The lowest BCUT2D eigenvalue weighted by atomic mass is 9.90. The number of carboxylic acid groups (broad SMARTS) is 1. The summed E-state index contributed by atoms with van der Waals surface area (Å²) < 4.78 is 4.81. The highest BCUT2D eigenvalue weighted by Gasteiger charge is 2.33. The molecule has 0 bridgehead atoms. The number of carboxylic acids is 1. The normalized spacial score (nSPS) is 17.3. The summed E-state index contributed by atoms with van der Waals surface area (Å²) in [7, 11) is 0. The largest absolute Gasteiger partial charge is 0.481 e. The van der Waals surface area contributed by atoms with E-state index < -0.39 is 17.8 Å². The number of aliphatic carboxylic acids is 1. The number of anilines is 1. The summed E-state index contributed by atoms with van der Waals surface area (Å²) in [5.74, 6) is -2.39. The Morgan fingerprint density at radius 2 is 2.24 bits per heavy atom. The fourth-order valence-electron chi connectivity index (χ4n) is 2.12. The number of ketones is 1. The number of carbonyl (C=O) groups is 3. The molecule has 1 aliphatic rings. The summed E-state index contributed by atoms with van der Waals surface area (Å²) >= 11 is 1.07. The number of carbonyl (C=O) groups excluding carboxylic acids is 2. The van der Waals surface area contributed by atoms with Crippen molar-refractivity contribution in [2.24, 2.45) is 5.92 Å². The molecule has 108 valence electrons. The SMILES string of the molecule is O=C(Nc1nc2c(s1)C(=O)CC(C(=O)O)C2)c1ccoc1. The van der Waals surface area contributed by atoms with Gasteiger partial charge in [0.1, 0.15) is 6.26 Å². The summed E-state index contributed by atoms with van der Waals surface area (Å²) in [6.45, 7) is 0. The number of rotatable bonds is 3. The summed E-state index contributed by atoms with van der Waals surface area (Å²) in [5, 5.41) is 11.9. The van der Waals surface area contributed by atoms with Crippen molar-refractivity contribution in [3.8, 4) is 0 Å². The Morgan fingerprint density at radius 3 is 2.90 bits per heavy atom. The Balaban J connectivity index is 1.81. The van der Waals surface area contributed by atoms with Gasteiger partial charge in [0, 0.05) is 12.8 Å². The van der Waals surface area contributed by atoms with Gasteiger partial charge in [-0.2, -0.15) is 0 Å². The molecule has 7 nitrogen and oxygen atoms in total. The molecular weight excluding hydrogens is 296 g/mol. The minimum atomic E-state index is -1.01. The van der Waals surface area contributed by atoms with Gasteiger partial charge in [0.2, 0.25) is 0 Å². The third-order valence-corrected chi connectivity index (χ3v) is 4.23. The van der Waals surface area contributed by atoms with E-state index in [-0.39, 0.29) is 23.8 Å². The lowest BCUT2D eigenvalue weighted by molar-refractivity contribution is -0.141. The Bertz CT molecular complexity index is 719. The van der Waals surface area contributed by atoms with Crippen molar-refractivity contribution >= 4 is 34.1 Å². The predicted molar refractivity (Wildman–Crippen MR) is 72.6 cm³/mol. The van der Waals surface area contributed by atoms with Crippen LogP contribution in [0.3, 0.4) is 0 Å². The number of fused-ring (bicyclic) bond motifs is 1. The summed E-state index contributed by atoms with van der Waals surface area (Å²) in [6.07, 6.45) is 2.85. The molecule has 1 atom stereocenters. The molecule has 0 spiro atoms. The minimum Gasteiger partial charge on any atom is -0.481 e. The van der Waals surface area contributed by atoms with Crippen LogP contribution in [-0.4, -0.2) is 27.8 Å². The summed E-state index contributed by atoms with van der Waals surface area (Å²) in [4.78, 5) is 39.3. The monoisotopic (exact) mass is 306 g/mol. The standard InChI is InChI=1S/C13H10N2O5S/c16-9-4-7(12(18)19)3-8-10(9)21-13(14-8)15-11(17)6-1-2-20-5-6/h1-2,5,7H,3-4H2,(H,18,19)(H,14,15,17). The minimum absolute atomic E-state index is 0.0281. The fraction of sp³-hybridized carbons (Fsp3) is 0.231. The van der Waals surface area contributed by atoms with Gasteiger partial charge in [-0.3, -0.25) is 19.7 Å². The van der Waals surface area contributed by atoms with Gasteiger partial charge in [-0.1, -0.05) is 11.3 Å². The molecule has 2 aromatic heterocycles. The van der Waals surface area contributed by atoms with Crippen molar-refractivity contribution in [1.82, 2.24) is 4.98 Å². The highest BCUT2D eigenvalue weighted by atomic mass is 32.1. The number of Topliss-reactive ketones (excluding diaryl/α,β-unsaturated/α-hetero) is 1. The Hall–Kier alpha value is -2.48. The first-order valence-corrected chi connectivity index (χ1v) is 6.95. The molecule has 1 aliphatic carbocycles. The predicted octanol–water partition coefficient (Wildman–Crippen LogP) is 1.82. The first kappa shape index (κ1) is 13.5. The van der Waals surface area contributed by atoms with Gasteiger partial charge in [0.15, 0.2) is 10.9 Å². The lowest BCUT2D eigenvalue weighted by Gasteiger charge is -2.15. The van der Waals surface area contributed by atoms with Crippen LogP contribution in [-0.2, 0) is 11.2 Å². The van der Waals surface area contributed by atoms with Crippen LogP contribution < -0.4 is 5.32 Å². The Labute approximate surface area is 122 Å². The fourth-order valence-corrected chi connectivity index (χ4v) is 3.06. The van der Waals surface area contributed by atoms with E-state index in [1.165, 1.54) is 18.6 Å². The second-order valence-electron chi connectivity index (χ2n) is 4.63. The van der Waals surface area contributed by atoms with Gasteiger partial charge in [-0.05, 0) is 6.07 Å². The van der Waals surface area contributed by atoms with Gasteiger partial charge < -0.3 is 9.52 Å². The smallest absolute Gasteiger partial charge is 0.307 e. The van der Waals surface area contributed by atoms with Crippen molar-refractivity contribution in [2.75, 3.05) is 5.32 Å². The summed E-state index contributed by atoms with van der Waals surface area (Å²) in [5.41, 5.74) is 0.782. The number of furan rings is 1. The van der Waals surface area contributed by atoms with E-state index in [0.717, 1.165) is 11.3 Å². The number of nitrogens with one attached hydrogen (secondary N) is 1. The van der Waals surface area contributed by atoms with Gasteiger partial charge in [0.25, 0.3) is 5.91 Å². The average Bonchev–Trinajstić information content (AvgIpc) is 3.06. The van der Waals surface area contributed by atoms with Crippen LogP contribution in [0.5, 0.6) is 0 Å². The molecule has 0 saturated carbocycles. The number of hydrogen-bond donors (Lipinski definition) is 2. The molecule has 2 N–H and O–H groups in total. The van der Waals surface area contributed by atoms with E-state index in [1.54, 1.807) is 0 Å². The topological polar surface area (TPSA) is 110 Å². The quantitative estimate of drug-likeness (QED) is 0.895. The van der Waals surface area contributed by atoms with Gasteiger partial charge in [-0.25, -0.2) is 4.98 Å². The third kappa shape index (κ3) is 2.57. The van der Waals surface area contributed by atoms with E-state index in [0.29, 0.717) is 16.1 Å². The van der Waals surface area contributed by atoms with Gasteiger partial charge in [0.05, 0.1) is 28.3 Å². The van der Waals surface area contributed by atoms with Crippen LogP contribution >= 0.6 is 11.3 Å². The highest BCUT2D eigenvalue weighted by Crippen LogP contribution is 2.32. The number of aromatic nitrogens is 1. The molecule has 1 amide bonds. The van der Waals surface area contributed by atoms with E-state index in [4.69, 9.17) is 9.52 Å². The van der Waals surface area contributed by atoms with Crippen molar-refractivity contribution < 1.29 is 23.9 Å². The van der Waals surface area contributed by atoms with E-state index in [2.05, 4.69) is 10.3 Å². The maximum Gasteiger partial charge on any atom is 0.307 e. The Kier molecular flexibility index (Phi) is 3.30. The zero-order valence-electron chi connectivity index (χ0n) is 10.7. The molecule has 2 heterocycles. The lowest BCUT2D eigenvalue weighted by Crippen LogP contribution is -2.25. The first-order chi connectivity index (χ1) is 10.0. The van der Waals surface area contributed by atoms with E-state index in [9.17, 15) is 14.4 Å². The first-order valence-electron chi connectivity index (χ1n) is 6.14. The van der Waals surface area contributed by atoms with E-state index in [1.807, 2.05) is 0 Å². The van der Waals surface area contributed by atoms with Crippen LogP contribution in [0.15, 0.2) is 23.0 Å². The van der Waals surface area contributed by atoms with Crippen molar-refractivity contribution in [3.05, 3.63) is 34.7 Å². The molecule has 0 saturated heterocycles. The summed E-state index contributed by atoms with van der Waals surface area (Å²) in [6, 6.07) is 1.51. The molecule has 0 fully saturated rings. The number of hydrogen-bond acceptors (Lipinski definition) is 6. The zero-order valence-corrected chi connectivity index (χ0v) is 11.5. The maximum atomic E-state index is 11.9. The van der Waals surface area contributed by atoms with Crippen LogP contribution in [0, 0.1) is 5.92 Å². The number of amides is 1. The molecule has 8 heteroatoms. The molecule has 0 aliphatic heterocycles. The van der Waals surface area contributed by atoms with Crippen LogP contribution in [0.1, 0.15) is 32.1 Å². The number of nitrogens with zero attached hydrogens (tertiary/aromatic N) is 1. The van der Waals surface area contributed by atoms with E-state index >= 15 is 0 Å². The molecule has 21 heavy (non-hydrogen) atoms. The highest BCUT2D eigenvalue weighted by molar-refractivity contribution is 7.17. The van der Waals surface area contributed by atoms with Crippen molar-refractivity contribution in [2.45, 2.75) is 12.8 Å². The molecular formula is C13H10N2O5S. The zero-order chi connectivity index (χ0) is 15.0. The molecule has 3 rings (SSSR count). The van der Waals surface area contributed by atoms with Gasteiger partial charge >= 0.3 is 5.97 Å². The molecule has 2 aromatic rings. The van der Waals surface area contributed by atoms with Gasteiger partial charge in [-0.15, -0.1) is 0 Å². The second-order valence-corrected chi connectivity index (χ2v) is 5.63. The second kappa shape index (κ2) is 5.13. The molecule has 0 radical (unpaired) electrons.